The maximum absolute atomic E-state index is 13.6. The monoisotopic (exact) mass is 448 g/mol. The van der Waals surface area contributed by atoms with Gasteiger partial charge in [0.15, 0.2) is 22.0 Å². The fourth-order valence-electron chi connectivity index (χ4n) is 3.69. The summed E-state index contributed by atoms with van der Waals surface area (Å²) >= 11 is 1.22. The van der Waals surface area contributed by atoms with Gasteiger partial charge in [0.1, 0.15) is 0 Å². The predicted octanol–water partition coefficient (Wildman–Crippen LogP) is 4.85. The van der Waals surface area contributed by atoms with Crippen molar-refractivity contribution in [2.75, 3.05) is 13.1 Å². The zero-order valence-electron chi connectivity index (χ0n) is 16.2. The van der Waals surface area contributed by atoms with Gasteiger partial charge in [-0.05, 0) is 59.2 Å². The number of thiophene rings is 1. The lowest BCUT2D eigenvalue weighted by Gasteiger charge is -2.32. The van der Waals surface area contributed by atoms with Gasteiger partial charge in [-0.25, -0.2) is 8.78 Å². The molecule has 1 aliphatic rings. The molecule has 4 nitrogen and oxygen atoms in total. The van der Waals surface area contributed by atoms with Crippen LogP contribution in [0.3, 0.4) is 0 Å². The Morgan fingerprint density at radius 1 is 1.03 bits per heavy atom. The van der Waals surface area contributed by atoms with E-state index in [-0.39, 0.29) is 6.04 Å². The van der Waals surface area contributed by atoms with E-state index in [9.17, 15) is 17.5 Å². The van der Waals surface area contributed by atoms with Crippen molar-refractivity contribution in [3.63, 3.8) is 0 Å². The topological polar surface area (TPSA) is 55.4 Å². The highest BCUT2D eigenvalue weighted by atomic mass is 32.3. The Morgan fingerprint density at radius 3 is 2.50 bits per heavy atom. The van der Waals surface area contributed by atoms with Crippen LogP contribution < -0.4 is 4.72 Å². The van der Waals surface area contributed by atoms with Crippen LogP contribution in [-0.2, 0) is 21.2 Å². The summed E-state index contributed by atoms with van der Waals surface area (Å²) < 4.78 is 54.7. The average molecular weight is 449 g/mol. The molecule has 4 rings (SSSR count). The van der Waals surface area contributed by atoms with Gasteiger partial charge in [0.2, 0.25) is 4.21 Å². The van der Waals surface area contributed by atoms with E-state index in [4.69, 9.17) is 0 Å². The molecular weight excluding hydrogens is 426 g/mol. The molecular formula is C22H22F2N2O2S2. The predicted molar refractivity (Wildman–Crippen MR) is 115 cm³/mol. The number of nitrogens with zero attached hydrogens (tertiary/aromatic N) is 1. The fourth-order valence-corrected chi connectivity index (χ4v) is 6.00. The number of benzene rings is 2. The Hall–Kier alpha value is -1.97. The number of piperidine rings is 1. The maximum Gasteiger partial charge on any atom is 0.228 e. The molecule has 1 fully saturated rings. The number of hydrogen-bond donors (Lipinski definition) is 1. The van der Waals surface area contributed by atoms with Crippen LogP contribution in [0, 0.1) is 11.6 Å². The SMILES string of the molecule is O=[S+]([O-])(NC1CCN(Cc2cccc(-c3ccc(F)c(F)c3)c2)CC1)c1cccs1. The molecule has 1 saturated heterocycles. The van der Waals surface area contributed by atoms with Gasteiger partial charge in [0.05, 0.1) is 6.04 Å². The second-order valence-corrected chi connectivity index (χ2v) is 10.3. The minimum absolute atomic E-state index is 0.0677. The van der Waals surface area contributed by atoms with E-state index in [0.717, 1.165) is 49.7 Å². The van der Waals surface area contributed by atoms with Gasteiger partial charge < -0.3 is 4.55 Å². The second-order valence-electron chi connectivity index (χ2n) is 7.43. The minimum atomic E-state index is -3.44. The molecule has 0 radical (unpaired) electrons. The van der Waals surface area contributed by atoms with Gasteiger partial charge in [0, 0.05) is 25.7 Å². The molecule has 2 heterocycles. The van der Waals surface area contributed by atoms with Crippen molar-refractivity contribution in [1.29, 1.82) is 0 Å². The largest absolute Gasteiger partial charge is 0.592 e. The first-order valence-corrected chi connectivity index (χ1v) is 12.1. The number of sulfonamides is 1. The number of rotatable bonds is 6. The third kappa shape index (κ3) is 5.01. The van der Waals surface area contributed by atoms with E-state index in [1.165, 1.54) is 17.4 Å². The molecule has 0 aliphatic carbocycles. The summed E-state index contributed by atoms with van der Waals surface area (Å²) in [6.45, 7) is 2.29. The van der Waals surface area contributed by atoms with E-state index < -0.39 is 22.0 Å². The van der Waals surface area contributed by atoms with E-state index in [0.29, 0.717) is 9.77 Å². The molecule has 1 unspecified atom stereocenters. The molecule has 158 valence electrons. The molecule has 2 aromatic carbocycles. The Morgan fingerprint density at radius 2 is 1.80 bits per heavy atom. The molecule has 1 N–H and O–H groups in total. The van der Waals surface area contributed by atoms with Crippen LogP contribution in [0.4, 0.5) is 8.78 Å². The highest BCUT2D eigenvalue weighted by Crippen LogP contribution is 2.25. The zero-order valence-corrected chi connectivity index (χ0v) is 17.9. The highest BCUT2D eigenvalue weighted by Gasteiger charge is 2.29. The number of hydrogen-bond acceptors (Lipinski definition) is 4. The zero-order chi connectivity index (χ0) is 21.1. The van der Waals surface area contributed by atoms with E-state index in [1.807, 2.05) is 24.3 Å². The highest BCUT2D eigenvalue weighted by molar-refractivity contribution is 7.97. The van der Waals surface area contributed by atoms with E-state index in [1.54, 1.807) is 23.6 Å². The molecule has 3 aromatic rings. The lowest BCUT2D eigenvalue weighted by Crippen LogP contribution is -2.46. The Bertz CT molecular complexity index is 1050. The first-order chi connectivity index (χ1) is 14.4. The third-order valence-corrected chi connectivity index (χ3v) is 8.17. The Balaban J connectivity index is 1.35. The molecule has 0 saturated carbocycles. The van der Waals surface area contributed by atoms with Crippen molar-refractivity contribution in [3.8, 4) is 11.1 Å². The van der Waals surface area contributed by atoms with Crippen LogP contribution in [0.15, 0.2) is 64.2 Å². The second kappa shape index (κ2) is 9.03. The Kier molecular flexibility index (Phi) is 6.40. The van der Waals surface area contributed by atoms with Crippen molar-refractivity contribution in [3.05, 3.63) is 77.2 Å². The molecule has 1 aromatic heterocycles. The number of likely N-dealkylation sites (tertiary alicyclic amines) is 1. The normalized spacial score (nSPS) is 17.7. The number of halogens is 2. The van der Waals surface area contributed by atoms with Gasteiger partial charge in [-0.2, -0.15) is 0 Å². The van der Waals surface area contributed by atoms with Crippen LogP contribution in [0.25, 0.3) is 11.1 Å². The Labute approximate surface area is 179 Å². The molecule has 30 heavy (non-hydrogen) atoms. The fraction of sp³-hybridized carbons (Fsp3) is 0.273. The summed E-state index contributed by atoms with van der Waals surface area (Å²) in [4.78, 5) is 2.28. The van der Waals surface area contributed by atoms with Crippen molar-refractivity contribution >= 4 is 21.7 Å². The summed E-state index contributed by atoms with van der Waals surface area (Å²) in [7, 11) is -3.44. The van der Waals surface area contributed by atoms with Crippen LogP contribution in [0.2, 0.25) is 0 Å². The maximum atomic E-state index is 13.6. The lowest BCUT2D eigenvalue weighted by atomic mass is 10.0. The quantitative estimate of drug-likeness (QED) is 0.549. The summed E-state index contributed by atoms with van der Waals surface area (Å²) in [6, 6.07) is 15.0. The summed E-state index contributed by atoms with van der Waals surface area (Å²) in [5.41, 5.74) is 2.55. The third-order valence-electron chi connectivity index (χ3n) is 5.26. The molecule has 1 aliphatic heterocycles. The van der Waals surface area contributed by atoms with Gasteiger partial charge in [0.25, 0.3) is 0 Å². The molecule has 8 heteroatoms. The average Bonchev–Trinajstić information content (AvgIpc) is 3.28. The van der Waals surface area contributed by atoms with Crippen LogP contribution in [0.1, 0.15) is 18.4 Å². The van der Waals surface area contributed by atoms with E-state index >= 15 is 0 Å². The van der Waals surface area contributed by atoms with Crippen LogP contribution >= 0.6 is 11.3 Å². The standard InChI is InChI=1S/C22H22F2N2O2S2/c23-20-7-6-18(14-21(20)24)17-4-1-3-16(13-17)15-26-10-8-19(9-11-26)25-30(27,28)22-5-2-12-29-22/h1-7,12-14,19H,8-11,15H2,(H-,25,27,28). The van der Waals surface area contributed by atoms with Crippen LogP contribution in [-0.4, -0.2) is 28.6 Å². The molecule has 0 amide bonds. The lowest BCUT2D eigenvalue weighted by molar-refractivity contribution is 0.198. The molecule has 0 spiro atoms. The minimum Gasteiger partial charge on any atom is -0.592 e. The first kappa shape index (κ1) is 21.3. The van der Waals surface area contributed by atoms with Gasteiger partial charge in [-0.15, -0.1) is 4.72 Å². The van der Waals surface area contributed by atoms with Gasteiger partial charge in [-0.3, -0.25) is 4.90 Å². The molecule has 1 atom stereocenters. The summed E-state index contributed by atoms with van der Waals surface area (Å²) in [5.74, 6) is -1.71. The van der Waals surface area contributed by atoms with Crippen molar-refractivity contribution < 1.29 is 17.5 Å². The van der Waals surface area contributed by atoms with Crippen molar-refractivity contribution in [2.45, 2.75) is 29.6 Å². The van der Waals surface area contributed by atoms with Gasteiger partial charge >= 0.3 is 0 Å². The smallest absolute Gasteiger partial charge is 0.228 e. The van der Waals surface area contributed by atoms with Gasteiger partial charge in [-0.1, -0.05) is 39.8 Å². The summed E-state index contributed by atoms with van der Waals surface area (Å²) in [5, 5.41) is 1.76. The van der Waals surface area contributed by atoms with E-state index in [2.05, 4.69) is 9.62 Å². The van der Waals surface area contributed by atoms with Crippen molar-refractivity contribution in [2.24, 2.45) is 0 Å². The van der Waals surface area contributed by atoms with Crippen LogP contribution in [0.5, 0.6) is 0 Å². The summed E-state index contributed by atoms with van der Waals surface area (Å²) in [6.07, 6.45) is 1.49. The first-order valence-electron chi connectivity index (χ1n) is 9.73. The molecule has 0 bridgehead atoms. The number of nitrogens with one attached hydrogen (secondary N) is 1. The van der Waals surface area contributed by atoms with Crippen molar-refractivity contribution in [1.82, 2.24) is 9.62 Å².